The van der Waals surface area contributed by atoms with E-state index in [1.807, 2.05) is 29.0 Å². The molecular weight excluding hydrogens is 456 g/mol. The van der Waals surface area contributed by atoms with E-state index in [1.165, 1.54) is 11.3 Å². The lowest BCUT2D eigenvalue weighted by molar-refractivity contribution is 0.0739. The molecule has 1 N–H and O–H groups in total. The van der Waals surface area contributed by atoms with Crippen molar-refractivity contribution in [3.63, 3.8) is 0 Å². The normalized spacial score (nSPS) is 25.6. The first-order chi connectivity index (χ1) is 14.0. The van der Waals surface area contributed by atoms with Gasteiger partial charge in [0.05, 0.1) is 14.7 Å². The highest BCUT2D eigenvalue weighted by Gasteiger charge is 2.36. The Balaban J connectivity index is 1.26. The number of carbonyl (C=O) groups excluding carboxylic acids is 2. The average Bonchev–Trinajstić information content (AvgIpc) is 3.48. The molecule has 3 aliphatic rings. The van der Waals surface area contributed by atoms with Gasteiger partial charge in [0.2, 0.25) is 0 Å². The van der Waals surface area contributed by atoms with Crippen LogP contribution in [0.4, 0.5) is 4.79 Å². The molecule has 3 amide bonds. The first-order valence-corrected chi connectivity index (χ1v) is 12.0. The molecule has 1 aromatic rings. The molecule has 1 aromatic heterocycles. The van der Waals surface area contributed by atoms with Crippen LogP contribution in [0, 0.1) is 0 Å². The number of thiophene rings is 1. The van der Waals surface area contributed by atoms with E-state index in [2.05, 4.69) is 21.2 Å². The summed E-state index contributed by atoms with van der Waals surface area (Å²) in [7, 11) is 1.85. The lowest BCUT2D eigenvalue weighted by Gasteiger charge is -2.28. The van der Waals surface area contributed by atoms with Gasteiger partial charge in [-0.3, -0.25) is 4.79 Å². The molecule has 9 heteroatoms. The standard InChI is InChI=1S/C20H29BrN4O3S/c1-23(19(26)17-2-3-18(21)29-17)16-5-9-25(13-16)20(27)24-8-4-15(12-24)22-14-6-10-28-11-7-14/h2-3,14-16,22H,4-13H2,1H3/t15-,16+/m1/s1. The maximum absolute atomic E-state index is 13.0. The van der Waals surface area contributed by atoms with E-state index in [4.69, 9.17) is 4.74 Å². The average molecular weight is 485 g/mol. The lowest BCUT2D eigenvalue weighted by Crippen LogP contribution is -2.46. The van der Waals surface area contributed by atoms with Crippen LogP contribution in [-0.4, -0.2) is 91.2 Å². The smallest absolute Gasteiger partial charge is 0.320 e. The van der Waals surface area contributed by atoms with E-state index < -0.39 is 0 Å². The summed E-state index contributed by atoms with van der Waals surface area (Å²) >= 11 is 4.86. The zero-order valence-corrected chi connectivity index (χ0v) is 19.2. The first-order valence-electron chi connectivity index (χ1n) is 10.4. The molecule has 2 atom stereocenters. The number of carbonyl (C=O) groups is 2. The summed E-state index contributed by atoms with van der Waals surface area (Å²) < 4.78 is 6.38. The van der Waals surface area contributed by atoms with Crippen molar-refractivity contribution in [1.29, 1.82) is 0 Å². The molecule has 3 fully saturated rings. The molecule has 160 valence electrons. The molecule has 4 heterocycles. The summed E-state index contributed by atoms with van der Waals surface area (Å²) in [6.45, 7) is 4.56. The maximum atomic E-state index is 13.0. The van der Waals surface area contributed by atoms with Gasteiger partial charge < -0.3 is 24.8 Å². The van der Waals surface area contributed by atoms with E-state index in [1.54, 1.807) is 4.90 Å². The van der Waals surface area contributed by atoms with Gasteiger partial charge in [-0.1, -0.05) is 0 Å². The summed E-state index contributed by atoms with van der Waals surface area (Å²) in [4.78, 5) is 32.1. The number of likely N-dealkylation sites (tertiary alicyclic amines) is 2. The number of nitrogens with one attached hydrogen (secondary N) is 1. The molecule has 0 bridgehead atoms. The van der Waals surface area contributed by atoms with Gasteiger partial charge >= 0.3 is 6.03 Å². The Kier molecular flexibility index (Phi) is 6.78. The van der Waals surface area contributed by atoms with Crippen LogP contribution >= 0.6 is 27.3 Å². The highest BCUT2D eigenvalue weighted by Crippen LogP contribution is 2.25. The SMILES string of the molecule is CN(C(=O)c1ccc(Br)s1)[C@H]1CCN(C(=O)N2CC[C@@H](NC3CCOCC3)C2)C1. The van der Waals surface area contributed by atoms with Crippen molar-refractivity contribution < 1.29 is 14.3 Å². The number of hydrogen-bond donors (Lipinski definition) is 1. The third kappa shape index (κ3) is 4.95. The van der Waals surface area contributed by atoms with Gasteiger partial charge in [0.15, 0.2) is 0 Å². The van der Waals surface area contributed by atoms with Gasteiger partial charge in [0, 0.05) is 58.5 Å². The van der Waals surface area contributed by atoms with Crippen LogP contribution in [0.5, 0.6) is 0 Å². The number of nitrogens with zero attached hydrogens (tertiary/aromatic N) is 3. The topological polar surface area (TPSA) is 65.1 Å². The van der Waals surface area contributed by atoms with Gasteiger partial charge in [-0.25, -0.2) is 4.79 Å². The zero-order valence-electron chi connectivity index (χ0n) is 16.8. The van der Waals surface area contributed by atoms with Crippen LogP contribution in [0.15, 0.2) is 15.9 Å². The molecule has 4 rings (SSSR count). The fourth-order valence-corrected chi connectivity index (χ4v) is 5.84. The first kappa shape index (κ1) is 21.1. The van der Waals surface area contributed by atoms with Gasteiger partial charge in [0.1, 0.15) is 0 Å². The molecule has 3 saturated heterocycles. The summed E-state index contributed by atoms with van der Waals surface area (Å²) in [5, 5.41) is 3.71. The molecule has 0 aliphatic carbocycles. The van der Waals surface area contributed by atoms with E-state index in [0.717, 1.165) is 60.7 Å². The van der Waals surface area contributed by atoms with Crippen LogP contribution in [0.1, 0.15) is 35.4 Å². The van der Waals surface area contributed by atoms with Crippen molar-refractivity contribution in [2.75, 3.05) is 46.4 Å². The highest BCUT2D eigenvalue weighted by molar-refractivity contribution is 9.11. The fraction of sp³-hybridized carbons (Fsp3) is 0.700. The molecule has 29 heavy (non-hydrogen) atoms. The quantitative estimate of drug-likeness (QED) is 0.713. The largest absolute Gasteiger partial charge is 0.381 e. The lowest BCUT2D eigenvalue weighted by atomic mass is 10.1. The van der Waals surface area contributed by atoms with E-state index >= 15 is 0 Å². The third-order valence-electron chi connectivity index (χ3n) is 6.24. The maximum Gasteiger partial charge on any atom is 0.320 e. The Labute approximate surface area is 184 Å². The van der Waals surface area contributed by atoms with Crippen LogP contribution in [0.2, 0.25) is 0 Å². The number of ether oxygens (including phenoxy) is 1. The summed E-state index contributed by atoms with van der Waals surface area (Å²) in [5.41, 5.74) is 0. The molecule has 0 unspecified atom stereocenters. The Morgan fingerprint density at radius 2 is 1.83 bits per heavy atom. The van der Waals surface area contributed by atoms with Crippen molar-refractivity contribution in [3.8, 4) is 0 Å². The second-order valence-corrected chi connectivity index (χ2v) is 10.6. The molecular formula is C20H29BrN4O3S. The van der Waals surface area contributed by atoms with Gasteiger partial charge in [-0.05, 0) is 53.7 Å². The Morgan fingerprint density at radius 1 is 1.10 bits per heavy atom. The molecule has 0 spiro atoms. The van der Waals surface area contributed by atoms with E-state index in [0.29, 0.717) is 25.2 Å². The van der Waals surface area contributed by atoms with Gasteiger partial charge in [-0.2, -0.15) is 0 Å². The van der Waals surface area contributed by atoms with Crippen molar-refractivity contribution in [2.24, 2.45) is 0 Å². The minimum Gasteiger partial charge on any atom is -0.381 e. The number of urea groups is 1. The second-order valence-electron chi connectivity index (χ2n) is 8.18. The van der Waals surface area contributed by atoms with Gasteiger partial charge in [-0.15, -0.1) is 11.3 Å². The van der Waals surface area contributed by atoms with Crippen molar-refractivity contribution >= 4 is 39.2 Å². The van der Waals surface area contributed by atoms with E-state index in [9.17, 15) is 9.59 Å². The van der Waals surface area contributed by atoms with Crippen molar-refractivity contribution in [1.82, 2.24) is 20.0 Å². The predicted octanol–water partition coefficient (Wildman–Crippen LogP) is 2.62. The number of hydrogen-bond acceptors (Lipinski definition) is 5. The summed E-state index contributed by atoms with van der Waals surface area (Å²) in [6, 6.07) is 4.82. The summed E-state index contributed by atoms with van der Waals surface area (Å²) in [5.74, 6) is 0.0295. The minimum atomic E-state index is 0.0295. The van der Waals surface area contributed by atoms with E-state index in [-0.39, 0.29) is 18.0 Å². The molecule has 7 nitrogen and oxygen atoms in total. The third-order valence-corrected chi connectivity index (χ3v) is 7.85. The highest BCUT2D eigenvalue weighted by atomic mass is 79.9. The Bertz CT molecular complexity index is 739. The monoisotopic (exact) mass is 484 g/mol. The molecule has 0 saturated carbocycles. The molecule has 0 radical (unpaired) electrons. The summed E-state index contributed by atoms with van der Waals surface area (Å²) in [6.07, 6.45) is 3.95. The van der Waals surface area contributed by atoms with Crippen LogP contribution < -0.4 is 5.32 Å². The van der Waals surface area contributed by atoms with Crippen molar-refractivity contribution in [3.05, 3.63) is 20.8 Å². The second kappa shape index (κ2) is 9.32. The number of halogens is 1. The Morgan fingerprint density at radius 3 is 2.55 bits per heavy atom. The van der Waals surface area contributed by atoms with Crippen LogP contribution in [-0.2, 0) is 4.74 Å². The van der Waals surface area contributed by atoms with Crippen LogP contribution in [0.3, 0.4) is 0 Å². The van der Waals surface area contributed by atoms with Crippen molar-refractivity contribution in [2.45, 2.75) is 43.8 Å². The molecule has 0 aromatic carbocycles. The number of amides is 3. The minimum absolute atomic E-state index is 0.0295. The number of likely N-dealkylation sites (N-methyl/N-ethyl adjacent to an activating group) is 1. The van der Waals surface area contributed by atoms with Crippen LogP contribution in [0.25, 0.3) is 0 Å². The fourth-order valence-electron chi connectivity index (χ4n) is 4.47. The number of rotatable bonds is 4. The zero-order chi connectivity index (χ0) is 20.4. The predicted molar refractivity (Wildman–Crippen MR) is 116 cm³/mol. The molecule has 3 aliphatic heterocycles. The Hall–Kier alpha value is -1.16. The van der Waals surface area contributed by atoms with Gasteiger partial charge in [0.25, 0.3) is 5.91 Å².